The van der Waals surface area contributed by atoms with E-state index in [1.807, 2.05) is 31.2 Å². The van der Waals surface area contributed by atoms with Gasteiger partial charge in [-0.05, 0) is 48.9 Å². The molecular weight excluding hydrogens is 376 g/mol. The Morgan fingerprint density at radius 3 is 2.71 bits per heavy atom. The van der Waals surface area contributed by atoms with Crippen LogP contribution in [-0.2, 0) is 4.74 Å². The van der Waals surface area contributed by atoms with Gasteiger partial charge in [0.05, 0.1) is 22.9 Å². The topological polar surface area (TPSA) is 81.4 Å². The third-order valence-corrected chi connectivity index (χ3v) is 5.29. The predicted molar refractivity (Wildman–Crippen MR) is 108 cm³/mol. The molecule has 0 aliphatic rings. The van der Waals surface area contributed by atoms with Gasteiger partial charge in [-0.2, -0.15) is 0 Å². The van der Waals surface area contributed by atoms with E-state index in [1.54, 1.807) is 30.3 Å². The van der Waals surface area contributed by atoms with Gasteiger partial charge in [0.25, 0.3) is 5.91 Å². The summed E-state index contributed by atoms with van der Waals surface area (Å²) in [6.45, 7) is 1.84. The highest BCUT2D eigenvalue weighted by Gasteiger charge is 2.17. The van der Waals surface area contributed by atoms with Crippen molar-refractivity contribution in [3.05, 3.63) is 71.5 Å². The van der Waals surface area contributed by atoms with E-state index in [-0.39, 0.29) is 5.76 Å². The maximum Gasteiger partial charge on any atom is 0.337 e. The number of benzene rings is 2. The average molecular weight is 392 g/mol. The number of ether oxygens (including phenoxy) is 1. The monoisotopic (exact) mass is 392 g/mol. The number of esters is 1. The molecule has 0 fully saturated rings. The van der Waals surface area contributed by atoms with Crippen LogP contribution in [-0.4, -0.2) is 24.0 Å². The zero-order chi connectivity index (χ0) is 19.7. The molecule has 0 bridgehead atoms. The molecule has 7 heteroatoms. The van der Waals surface area contributed by atoms with Crippen molar-refractivity contribution in [2.75, 3.05) is 12.4 Å². The Balaban J connectivity index is 1.57. The molecule has 0 radical (unpaired) electrons. The number of furan rings is 1. The first-order chi connectivity index (χ1) is 13.5. The lowest BCUT2D eigenvalue weighted by atomic mass is 10.1. The quantitative estimate of drug-likeness (QED) is 0.499. The number of aryl methyl sites for hydroxylation is 1. The fourth-order valence-electron chi connectivity index (χ4n) is 2.74. The zero-order valence-corrected chi connectivity index (χ0v) is 16.0. The van der Waals surface area contributed by atoms with Gasteiger partial charge in [-0.15, -0.1) is 11.3 Å². The normalized spacial score (nSPS) is 10.8. The average Bonchev–Trinajstić information content (AvgIpc) is 3.35. The molecule has 4 rings (SSSR count). The highest BCUT2D eigenvalue weighted by atomic mass is 32.1. The Morgan fingerprint density at radius 1 is 1.11 bits per heavy atom. The van der Waals surface area contributed by atoms with Crippen molar-refractivity contribution in [2.24, 2.45) is 0 Å². The Kier molecular flexibility index (Phi) is 4.67. The SMILES string of the molecule is COC(=O)c1ccc(C)c(NC(=O)c2ccc(-c3nc4ccccc4s3)o2)c1. The highest BCUT2D eigenvalue weighted by molar-refractivity contribution is 7.21. The molecule has 0 saturated heterocycles. The van der Waals surface area contributed by atoms with Crippen LogP contribution in [0.15, 0.2) is 59.0 Å². The molecular formula is C21H16N2O4S. The van der Waals surface area contributed by atoms with Gasteiger partial charge < -0.3 is 14.5 Å². The number of para-hydroxylation sites is 1. The van der Waals surface area contributed by atoms with E-state index in [0.29, 0.717) is 22.0 Å². The molecule has 0 aliphatic carbocycles. The summed E-state index contributed by atoms with van der Waals surface area (Å²) >= 11 is 1.50. The number of rotatable bonds is 4. The van der Waals surface area contributed by atoms with Gasteiger partial charge in [0.15, 0.2) is 16.5 Å². The number of thiazole rings is 1. The van der Waals surface area contributed by atoms with Crippen LogP contribution >= 0.6 is 11.3 Å². The van der Waals surface area contributed by atoms with Crippen molar-refractivity contribution in [2.45, 2.75) is 6.92 Å². The van der Waals surface area contributed by atoms with Gasteiger partial charge in [-0.25, -0.2) is 9.78 Å². The number of aromatic nitrogens is 1. The number of carbonyl (C=O) groups excluding carboxylic acids is 2. The molecule has 0 saturated carbocycles. The van der Waals surface area contributed by atoms with Gasteiger partial charge in [0.2, 0.25) is 0 Å². The van der Waals surface area contributed by atoms with Crippen LogP contribution in [0.25, 0.3) is 21.0 Å². The Labute approximate surface area is 164 Å². The van der Waals surface area contributed by atoms with Crippen molar-refractivity contribution in [3.8, 4) is 10.8 Å². The smallest absolute Gasteiger partial charge is 0.337 e. The molecule has 0 spiro atoms. The van der Waals surface area contributed by atoms with Gasteiger partial charge in [-0.1, -0.05) is 18.2 Å². The summed E-state index contributed by atoms with van der Waals surface area (Å²) in [5.74, 6) is -0.174. The molecule has 1 N–H and O–H groups in total. The van der Waals surface area contributed by atoms with Crippen molar-refractivity contribution in [1.29, 1.82) is 0 Å². The van der Waals surface area contributed by atoms with Crippen LogP contribution in [0.2, 0.25) is 0 Å². The lowest BCUT2D eigenvalue weighted by molar-refractivity contribution is 0.0600. The fraction of sp³-hybridized carbons (Fsp3) is 0.0952. The molecule has 6 nitrogen and oxygen atoms in total. The Hall–Kier alpha value is -3.45. The lowest BCUT2D eigenvalue weighted by Gasteiger charge is -2.09. The summed E-state index contributed by atoms with van der Waals surface area (Å²) in [5, 5.41) is 3.49. The third kappa shape index (κ3) is 3.39. The van der Waals surface area contributed by atoms with Crippen molar-refractivity contribution < 1.29 is 18.7 Å². The Morgan fingerprint density at radius 2 is 1.93 bits per heavy atom. The number of hydrogen-bond acceptors (Lipinski definition) is 6. The van der Waals surface area contributed by atoms with Crippen LogP contribution in [0.1, 0.15) is 26.5 Å². The second-order valence-electron chi connectivity index (χ2n) is 6.13. The van der Waals surface area contributed by atoms with Gasteiger partial charge >= 0.3 is 5.97 Å². The summed E-state index contributed by atoms with van der Waals surface area (Å²) in [6, 6.07) is 16.1. The molecule has 28 heavy (non-hydrogen) atoms. The molecule has 0 unspecified atom stereocenters. The minimum Gasteiger partial charge on any atom is -0.465 e. The van der Waals surface area contributed by atoms with Crippen LogP contribution in [0.4, 0.5) is 5.69 Å². The van der Waals surface area contributed by atoms with Crippen molar-refractivity contribution >= 4 is 39.1 Å². The van der Waals surface area contributed by atoms with Crippen molar-refractivity contribution in [3.63, 3.8) is 0 Å². The maximum absolute atomic E-state index is 12.6. The van der Waals surface area contributed by atoms with Gasteiger partial charge in [-0.3, -0.25) is 4.79 Å². The predicted octanol–water partition coefficient (Wildman–Crippen LogP) is 4.90. The summed E-state index contributed by atoms with van der Waals surface area (Å²) in [5.41, 5.74) is 2.59. The van der Waals surface area contributed by atoms with Crippen LogP contribution in [0.5, 0.6) is 0 Å². The Bertz CT molecular complexity index is 1160. The standard InChI is InChI=1S/C21H16N2O4S/c1-12-7-8-13(21(25)26-2)11-15(12)22-19(24)16-9-10-17(27-16)20-23-14-5-3-4-6-18(14)28-20/h3-11H,1-2H3,(H,22,24). The molecule has 0 aliphatic heterocycles. The van der Waals surface area contributed by atoms with E-state index in [1.165, 1.54) is 18.4 Å². The first kappa shape index (κ1) is 17.9. The number of methoxy groups -OCH3 is 1. The first-order valence-electron chi connectivity index (χ1n) is 8.51. The molecule has 4 aromatic rings. The van der Waals surface area contributed by atoms with E-state index < -0.39 is 11.9 Å². The number of carbonyl (C=O) groups is 2. The van der Waals surface area contributed by atoms with Crippen LogP contribution in [0.3, 0.4) is 0 Å². The second-order valence-corrected chi connectivity index (χ2v) is 7.16. The van der Waals surface area contributed by atoms with Crippen LogP contribution < -0.4 is 5.32 Å². The number of amides is 1. The molecule has 2 heterocycles. The number of anilines is 1. The van der Waals surface area contributed by atoms with E-state index in [9.17, 15) is 9.59 Å². The number of nitrogens with one attached hydrogen (secondary N) is 1. The maximum atomic E-state index is 12.6. The summed E-state index contributed by atoms with van der Waals surface area (Å²) in [7, 11) is 1.31. The highest BCUT2D eigenvalue weighted by Crippen LogP contribution is 2.31. The zero-order valence-electron chi connectivity index (χ0n) is 15.2. The fourth-order valence-corrected chi connectivity index (χ4v) is 3.67. The largest absolute Gasteiger partial charge is 0.465 e. The van der Waals surface area contributed by atoms with E-state index in [2.05, 4.69) is 10.3 Å². The lowest BCUT2D eigenvalue weighted by Crippen LogP contribution is -2.13. The van der Waals surface area contributed by atoms with E-state index >= 15 is 0 Å². The number of fused-ring (bicyclic) bond motifs is 1. The summed E-state index contributed by atoms with van der Waals surface area (Å²) in [6.07, 6.45) is 0. The third-order valence-electron chi connectivity index (χ3n) is 4.24. The van der Waals surface area contributed by atoms with Gasteiger partial charge in [0, 0.05) is 5.69 Å². The first-order valence-corrected chi connectivity index (χ1v) is 9.33. The van der Waals surface area contributed by atoms with Crippen molar-refractivity contribution in [1.82, 2.24) is 4.98 Å². The molecule has 2 aromatic carbocycles. The minimum atomic E-state index is -0.466. The van der Waals surface area contributed by atoms with Gasteiger partial charge in [0.1, 0.15) is 0 Å². The van der Waals surface area contributed by atoms with E-state index in [0.717, 1.165) is 15.8 Å². The molecule has 140 valence electrons. The summed E-state index contributed by atoms with van der Waals surface area (Å²) < 4.78 is 11.5. The van der Waals surface area contributed by atoms with Crippen LogP contribution in [0, 0.1) is 6.92 Å². The minimum absolute atomic E-state index is 0.164. The summed E-state index contributed by atoms with van der Waals surface area (Å²) in [4.78, 5) is 28.8. The number of nitrogens with zero attached hydrogens (tertiary/aromatic N) is 1. The molecule has 1 amide bonds. The molecule has 0 atom stereocenters. The van der Waals surface area contributed by atoms with E-state index in [4.69, 9.17) is 9.15 Å². The second kappa shape index (κ2) is 7.28. The molecule has 2 aromatic heterocycles. The number of hydrogen-bond donors (Lipinski definition) is 1.